The molecule has 0 rings (SSSR count). The summed E-state index contributed by atoms with van der Waals surface area (Å²) < 4.78 is 5.51. The zero-order chi connectivity index (χ0) is 16.0. The van der Waals surface area contributed by atoms with Crippen LogP contribution < -0.4 is 5.73 Å². The van der Waals surface area contributed by atoms with Crippen molar-refractivity contribution in [2.75, 3.05) is 13.2 Å². The minimum atomic E-state index is -1.22. The maximum atomic E-state index is 10.8. The second kappa shape index (κ2) is 7.95. The monoisotopic (exact) mass is 301 g/mol. The highest BCUT2D eigenvalue weighted by molar-refractivity contribution is 6.80. The van der Waals surface area contributed by atoms with E-state index in [9.17, 15) is 9.90 Å². The van der Waals surface area contributed by atoms with E-state index in [1.807, 2.05) is 0 Å². The predicted molar refractivity (Wildman–Crippen MR) is 86.4 cm³/mol. The topological polar surface area (TPSA) is 72.6 Å². The van der Waals surface area contributed by atoms with E-state index in [0.717, 1.165) is 6.42 Å². The molecule has 0 bridgehead atoms. The minimum absolute atomic E-state index is 0.0508. The molecular weight excluding hydrogens is 270 g/mol. The summed E-state index contributed by atoms with van der Waals surface area (Å²) in [6.07, 6.45) is 0.512. The lowest BCUT2D eigenvalue weighted by atomic mass is 10.1. The molecule has 0 fully saturated rings. The number of rotatable bonds is 9. The zero-order valence-corrected chi connectivity index (χ0v) is 14.7. The van der Waals surface area contributed by atoms with Gasteiger partial charge in [0.05, 0.1) is 14.2 Å². The maximum Gasteiger partial charge on any atom is 0.246 e. The molecule has 0 saturated heterocycles. The lowest BCUT2D eigenvalue weighted by Gasteiger charge is -2.37. The van der Waals surface area contributed by atoms with Gasteiger partial charge in [-0.15, -0.1) is 0 Å². The summed E-state index contributed by atoms with van der Waals surface area (Å²) in [5, 5.41) is 10.0. The summed E-state index contributed by atoms with van der Waals surface area (Å²) in [4.78, 5) is 10.8. The average molecular weight is 302 g/mol. The van der Waals surface area contributed by atoms with E-state index >= 15 is 0 Å². The largest absolute Gasteiger partial charge is 0.388 e. The zero-order valence-electron chi connectivity index (χ0n) is 13.7. The Kier molecular flexibility index (Phi) is 7.69. The first-order valence-corrected chi connectivity index (χ1v) is 10.4. The van der Waals surface area contributed by atoms with Crippen molar-refractivity contribution in [1.82, 2.24) is 0 Å². The molecule has 3 N–H and O–H groups in total. The standard InChI is InChI=1S/C15H31NO3Si/c1-12(14(16)18)13(17)8-10-19-9-7-11-20(5,6)15(2,3)4/h13,17H,1,7-11H2,2-6H3,(H2,16,18). The van der Waals surface area contributed by atoms with Gasteiger partial charge in [-0.1, -0.05) is 46.5 Å². The van der Waals surface area contributed by atoms with Crippen molar-refractivity contribution in [2.45, 2.75) is 63.9 Å². The molecule has 0 spiro atoms. The Balaban J connectivity index is 3.79. The third-order valence-corrected chi connectivity index (χ3v) is 10.0. The third kappa shape index (κ3) is 6.68. The van der Waals surface area contributed by atoms with E-state index in [2.05, 4.69) is 40.4 Å². The Morgan fingerprint density at radius 3 is 2.35 bits per heavy atom. The van der Waals surface area contributed by atoms with Crippen molar-refractivity contribution in [1.29, 1.82) is 0 Å². The first-order valence-electron chi connectivity index (χ1n) is 7.23. The summed E-state index contributed by atoms with van der Waals surface area (Å²) in [7, 11) is -1.22. The number of aliphatic hydroxyl groups is 1. The molecule has 0 heterocycles. The Morgan fingerprint density at radius 1 is 1.35 bits per heavy atom. The highest BCUT2D eigenvalue weighted by atomic mass is 28.3. The summed E-state index contributed by atoms with van der Waals surface area (Å²) in [5.41, 5.74) is 5.09. The van der Waals surface area contributed by atoms with Crippen molar-refractivity contribution in [3.8, 4) is 0 Å². The number of amides is 1. The van der Waals surface area contributed by atoms with Crippen LogP contribution in [0.5, 0.6) is 0 Å². The number of ether oxygens (including phenoxy) is 1. The van der Waals surface area contributed by atoms with Gasteiger partial charge in [-0.05, 0) is 11.5 Å². The van der Waals surface area contributed by atoms with E-state index in [1.165, 1.54) is 6.04 Å². The molecule has 1 amide bonds. The Bertz CT molecular complexity index is 335. The fourth-order valence-corrected chi connectivity index (χ4v) is 3.40. The molecule has 0 saturated carbocycles. The summed E-state index contributed by atoms with van der Waals surface area (Å²) in [6.45, 7) is 16.3. The van der Waals surface area contributed by atoms with E-state index in [0.29, 0.717) is 24.7 Å². The molecule has 20 heavy (non-hydrogen) atoms. The number of hydrogen-bond acceptors (Lipinski definition) is 3. The number of carbonyl (C=O) groups is 1. The summed E-state index contributed by atoms with van der Waals surface area (Å²) in [6, 6.07) is 1.23. The average Bonchev–Trinajstić information content (AvgIpc) is 2.30. The number of nitrogens with two attached hydrogens (primary N) is 1. The molecule has 0 aliphatic carbocycles. The molecule has 4 nitrogen and oxygen atoms in total. The van der Waals surface area contributed by atoms with E-state index in [1.54, 1.807) is 0 Å². The van der Waals surface area contributed by atoms with Crippen molar-refractivity contribution in [3.63, 3.8) is 0 Å². The van der Waals surface area contributed by atoms with Gasteiger partial charge in [-0.25, -0.2) is 0 Å². The van der Waals surface area contributed by atoms with E-state index in [4.69, 9.17) is 10.5 Å². The lowest BCUT2D eigenvalue weighted by molar-refractivity contribution is -0.115. The lowest BCUT2D eigenvalue weighted by Crippen LogP contribution is -2.36. The van der Waals surface area contributed by atoms with Crippen LogP contribution >= 0.6 is 0 Å². The predicted octanol–water partition coefficient (Wildman–Crippen LogP) is 2.69. The first-order chi connectivity index (χ1) is 8.99. The van der Waals surface area contributed by atoms with Crippen LogP contribution in [0, 0.1) is 0 Å². The van der Waals surface area contributed by atoms with Crippen LogP contribution in [0.25, 0.3) is 0 Å². The Morgan fingerprint density at radius 2 is 1.90 bits per heavy atom. The van der Waals surface area contributed by atoms with Gasteiger partial charge in [0.2, 0.25) is 5.91 Å². The van der Waals surface area contributed by atoms with Gasteiger partial charge >= 0.3 is 0 Å². The highest BCUT2D eigenvalue weighted by Crippen LogP contribution is 2.39. The molecule has 0 radical (unpaired) electrons. The maximum absolute atomic E-state index is 10.8. The van der Waals surface area contributed by atoms with Crippen LogP contribution in [0.3, 0.4) is 0 Å². The molecule has 0 aromatic heterocycles. The molecule has 0 aromatic rings. The molecule has 0 aliphatic rings. The molecule has 0 aromatic carbocycles. The van der Waals surface area contributed by atoms with Crippen LogP contribution in [0.1, 0.15) is 33.6 Å². The fraction of sp³-hybridized carbons (Fsp3) is 0.800. The van der Waals surface area contributed by atoms with Gasteiger partial charge in [0.1, 0.15) is 0 Å². The molecule has 1 atom stereocenters. The van der Waals surface area contributed by atoms with Crippen LogP contribution in [0.2, 0.25) is 24.2 Å². The summed E-state index contributed by atoms with van der Waals surface area (Å²) in [5.74, 6) is -0.657. The second-order valence-corrected chi connectivity index (χ2v) is 12.8. The van der Waals surface area contributed by atoms with Crippen LogP contribution in [0.15, 0.2) is 12.2 Å². The highest BCUT2D eigenvalue weighted by Gasteiger charge is 2.33. The van der Waals surface area contributed by atoms with Crippen LogP contribution in [-0.2, 0) is 9.53 Å². The first kappa shape index (κ1) is 19.3. The third-order valence-electron chi connectivity index (χ3n) is 4.38. The molecule has 5 heteroatoms. The van der Waals surface area contributed by atoms with Crippen LogP contribution in [0.4, 0.5) is 0 Å². The fourth-order valence-electron chi connectivity index (χ4n) is 1.63. The smallest absolute Gasteiger partial charge is 0.246 e. The molecule has 0 aliphatic heterocycles. The van der Waals surface area contributed by atoms with E-state index < -0.39 is 20.1 Å². The minimum Gasteiger partial charge on any atom is -0.388 e. The number of aliphatic hydroxyl groups excluding tert-OH is 1. The quantitative estimate of drug-likeness (QED) is 0.391. The Labute approximate surface area is 124 Å². The van der Waals surface area contributed by atoms with Gasteiger partial charge in [0.15, 0.2) is 0 Å². The number of hydrogen-bond donors (Lipinski definition) is 2. The number of carbonyl (C=O) groups excluding carboxylic acids is 1. The van der Waals surface area contributed by atoms with Gasteiger partial charge in [0, 0.05) is 25.2 Å². The second-order valence-electron chi connectivity index (χ2n) is 7.04. The van der Waals surface area contributed by atoms with Gasteiger partial charge in [-0.3, -0.25) is 4.79 Å². The molecule has 118 valence electrons. The normalized spacial score (nSPS) is 14.1. The SMILES string of the molecule is C=C(C(N)=O)C(O)CCOCCC[Si](C)(C)C(C)(C)C. The van der Waals surface area contributed by atoms with Crippen molar-refractivity contribution in [3.05, 3.63) is 12.2 Å². The van der Waals surface area contributed by atoms with Gasteiger partial charge in [0.25, 0.3) is 0 Å². The van der Waals surface area contributed by atoms with Crippen LogP contribution in [-0.4, -0.2) is 38.4 Å². The van der Waals surface area contributed by atoms with Crippen molar-refractivity contribution in [2.24, 2.45) is 5.73 Å². The Hall–Kier alpha value is -0.653. The van der Waals surface area contributed by atoms with E-state index in [-0.39, 0.29) is 5.57 Å². The summed E-state index contributed by atoms with van der Waals surface area (Å²) >= 11 is 0. The molecular formula is C15H31NO3Si. The van der Waals surface area contributed by atoms with Crippen molar-refractivity contribution >= 4 is 14.0 Å². The molecule has 1 unspecified atom stereocenters. The van der Waals surface area contributed by atoms with Crippen molar-refractivity contribution < 1.29 is 14.6 Å². The number of primary amides is 1. The van der Waals surface area contributed by atoms with Gasteiger partial charge in [-0.2, -0.15) is 0 Å². The van der Waals surface area contributed by atoms with Gasteiger partial charge < -0.3 is 15.6 Å².